The van der Waals surface area contributed by atoms with Crippen LogP contribution in [-0.4, -0.2) is 9.67 Å². The SMILES string of the molecule is Cc1ccc(-n2cc3c(c2)CC(O)(c2ccccc2)C3)cc1. The molecule has 0 saturated carbocycles. The molecule has 0 spiro atoms. The fourth-order valence-corrected chi connectivity index (χ4v) is 3.37. The fraction of sp³-hybridized carbons (Fsp3) is 0.200. The van der Waals surface area contributed by atoms with Gasteiger partial charge in [-0.1, -0.05) is 48.0 Å². The average Bonchev–Trinajstić information content (AvgIpc) is 3.05. The molecule has 110 valence electrons. The number of nitrogens with zero attached hydrogens (tertiary/aromatic N) is 1. The summed E-state index contributed by atoms with van der Waals surface area (Å²) in [5.74, 6) is 0. The molecule has 1 aromatic heterocycles. The monoisotopic (exact) mass is 289 g/mol. The first kappa shape index (κ1) is 13.4. The van der Waals surface area contributed by atoms with Crippen molar-refractivity contribution in [2.75, 3.05) is 0 Å². The van der Waals surface area contributed by atoms with Crippen LogP contribution in [0.1, 0.15) is 22.3 Å². The lowest BCUT2D eigenvalue weighted by Crippen LogP contribution is -2.26. The Kier molecular flexibility index (Phi) is 2.95. The van der Waals surface area contributed by atoms with Crippen LogP contribution in [0.3, 0.4) is 0 Å². The van der Waals surface area contributed by atoms with Crippen molar-refractivity contribution in [3.05, 3.63) is 89.2 Å². The van der Waals surface area contributed by atoms with E-state index in [4.69, 9.17) is 0 Å². The second-order valence-electron chi connectivity index (χ2n) is 6.30. The van der Waals surface area contributed by atoms with E-state index < -0.39 is 5.60 Å². The minimum atomic E-state index is -0.752. The molecular formula is C20H19NO. The Hall–Kier alpha value is -2.32. The topological polar surface area (TPSA) is 25.2 Å². The third kappa shape index (κ3) is 2.16. The van der Waals surface area contributed by atoms with Gasteiger partial charge in [0, 0.05) is 30.9 Å². The van der Waals surface area contributed by atoms with Crippen molar-refractivity contribution in [2.45, 2.75) is 25.4 Å². The highest BCUT2D eigenvalue weighted by Gasteiger charge is 2.37. The minimum absolute atomic E-state index is 0.686. The number of benzene rings is 2. The molecule has 0 unspecified atom stereocenters. The number of aromatic nitrogens is 1. The van der Waals surface area contributed by atoms with E-state index in [1.165, 1.54) is 22.4 Å². The second kappa shape index (κ2) is 4.85. The van der Waals surface area contributed by atoms with Crippen LogP contribution >= 0.6 is 0 Å². The number of fused-ring (bicyclic) bond motifs is 1. The van der Waals surface area contributed by atoms with Gasteiger partial charge in [0.25, 0.3) is 0 Å². The molecule has 0 saturated heterocycles. The van der Waals surface area contributed by atoms with E-state index >= 15 is 0 Å². The van der Waals surface area contributed by atoms with Crippen LogP contribution in [0, 0.1) is 6.92 Å². The fourth-order valence-electron chi connectivity index (χ4n) is 3.37. The van der Waals surface area contributed by atoms with E-state index in [0.29, 0.717) is 12.8 Å². The maximum Gasteiger partial charge on any atom is 0.0978 e. The normalized spacial score (nSPS) is 15.7. The Labute approximate surface area is 130 Å². The first-order valence-electron chi connectivity index (χ1n) is 7.69. The highest BCUT2D eigenvalue weighted by atomic mass is 16.3. The van der Waals surface area contributed by atoms with Crippen LogP contribution in [0.5, 0.6) is 0 Å². The zero-order chi connectivity index (χ0) is 15.2. The van der Waals surface area contributed by atoms with Gasteiger partial charge < -0.3 is 9.67 Å². The summed E-state index contributed by atoms with van der Waals surface area (Å²) in [6.07, 6.45) is 5.68. The van der Waals surface area contributed by atoms with Crippen LogP contribution in [0.2, 0.25) is 0 Å². The van der Waals surface area contributed by atoms with Crippen LogP contribution in [0.4, 0.5) is 0 Å². The van der Waals surface area contributed by atoms with Crippen molar-refractivity contribution in [3.63, 3.8) is 0 Å². The van der Waals surface area contributed by atoms with Gasteiger partial charge in [0.1, 0.15) is 0 Å². The molecule has 0 aliphatic heterocycles. The van der Waals surface area contributed by atoms with Crippen molar-refractivity contribution in [1.29, 1.82) is 0 Å². The summed E-state index contributed by atoms with van der Waals surface area (Å²) in [6, 6.07) is 18.5. The number of hydrogen-bond acceptors (Lipinski definition) is 1. The molecule has 0 atom stereocenters. The lowest BCUT2D eigenvalue weighted by atomic mass is 9.91. The van der Waals surface area contributed by atoms with Crippen LogP contribution < -0.4 is 0 Å². The van der Waals surface area contributed by atoms with Gasteiger partial charge in [-0.3, -0.25) is 0 Å². The molecule has 0 bridgehead atoms. The summed E-state index contributed by atoms with van der Waals surface area (Å²) in [6.45, 7) is 2.10. The van der Waals surface area contributed by atoms with E-state index in [1.54, 1.807) is 0 Å². The summed E-state index contributed by atoms with van der Waals surface area (Å²) >= 11 is 0. The minimum Gasteiger partial charge on any atom is -0.384 e. The maximum atomic E-state index is 11.0. The van der Waals surface area contributed by atoms with Crippen molar-refractivity contribution < 1.29 is 5.11 Å². The molecule has 0 amide bonds. The Balaban J connectivity index is 1.64. The molecule has 1 N–H and O–H groups in total. The molecule has 4 rings (SSSR count). The van der Waals surface area contributed by atoms with Gasteiger partial charge in [0.05, 0.1) is 5.60 Å². The zero-order valence-electron chi connectivity index (χ0n) is 12.7. The first-order chi connectivity index (χ1) is 10.6. The Morgan fingerprint density at radius 3 is 2.05 bits per heavy atom. The van der Waals surface area contributed by atoms with Gasteiger partial charge >= 0.3 is 0 Å². The highest BCUT2D eigenvalue weighted by Crippen LogP contribution is 2.38. The van der Waals surface area contributed by atoms with Gasteiger partial charge in [0.2, 0.25) is 0 Å². The first-order valence-corrected chi connectivity index (χ1v) is 7.69. The standard InChI is InChI=1S/C20H19NO/c1-15-7-9-19(10-8-15)21-13-16-11-20(22,12-17(16)14-21)18-5-3-2-4-6-18/h2-10,13-14,22H,11-12H2,1H3. The molecule has 1 aliphatic carbocycles. The van der Waals surface area contributed by atoms with Crippen molar-refractivity contribution in [2.24, 2.45) is 0 Å². The van der Waals surface area contributed by atoms with Gasteiger partial charge in [-0.25, -0.2) is 0 Å². The molecular weight excluding hydrogens is 270 g/mol. The van der Waals surface area contributed by atoms with Gasteiger partial charge in [-0.2, -0.15) is 0 Å². The van der Waals surface area contributed by atoms with Gasteiger partial charge in [0.15, 0.2) is 0 Å². The molecule has 2 nitrogen and oxygen atoms in total. The van der Waals surface area contributed by atoms with Crippen LogP contribution in [0.15, 0.2) is 67.0 Å². The summed E-state index contributed by atoms with van der Waals surface area (Å²) in [4.78, 5) is 0. The van der Waals surface area contributed by atoms with Crippen molar-refractivity contribution >= 4 is 0 Å². The third-order valence-corrected chi connectivity index (χ3v) is 4.61. The number of aliphatic hydroxyl groups is 1. The zero-order valence-corrected chi connectivity index (χ0v) is 12.7. The predicted octanol–water partition coefficient (Wildman–Crippen LogP) is 3.77. The molecule has 2 heteroatoms. The quantitative estimate of drug-likeness (QED) is 0.763. The van der Waals surface area contributed by atoms with Crippen molar-refractivity contribution in [3.8, 4) is 5.69 Å². The molecule has 1 heterocycles. The van der Waals surface area contributed by atoms with Gasteiger partial charge in [-0.05, 0) is 35.7 Å². The average molecular weight is 289 g/mol. The summed E-state index contributed by atoms with van der Waals surface area (Å²) in [5.41, 5.74) is 5.18. The van der Waals surface area contributed by atoms with Crippen LogP contribution in [-0.2, 0) is 18.4 Å². The predicted molar refractivity (Wildman–Crippen MR) is 88.3 cm³/mol. The molecule has 0 radical (unpaired) electrons. The smallest absolute Gasteiger partial charge is 0.0978 e. The lowest BCUT2D eigenvalue weighted by Gasteiger charge is -2.23. The number of hydrogen-bond donors (Lipinski definition) is 1. The third-order valence-electron chi connectivity index (χ3n) is 4.61. The number of aryl methyl sites for hydroxylation is 1. The van der Waals surface area contributed by atoms with Gasteiger partial charge in [-0.15, -0.1) is 0 Å². The van der Waals surface area contributed by atoms with E-state index in [-0.39, 0.29) is 0 Å². The lowest BCUT2D eigenvalue weighted by molar-refractivity contribution is 0.0479. The summed E-state index contributed by atoms with van der Waals surface area (Å²) in [5, 5.41) is 11.0. The van der Waals surface area contributed by atoms with E-state index in [2.05, 4.69) is 48.1 Å². The molecule has 22 heavy (non-hydrogen) atoms. The summed E-state index contributed by atoms with van der Waals surface area (Å²) in [7, 11) is 0. The van der Waals surface area contributed by atoms with E-state index in [9.17, 15) is 5.11 Å². The molecule has 3 aromatic rings. The number of rotatable bonds is 2. The van der Waals surface area contributed by atoms with Crippen LogP contribution in [0.25, 0.3) is 5.69 Å². The highest BCUT2D eigenvalue weighted by molar-refractivity contribution is 5.43. The second-order valence-corrected chi connectivity index (χ2v) is 6.30. The molecule has 0 fully saturated rings. The van der Waals surface area contributed by atoms with E-state index in [1.807, 2.05) is 30.3 Å². The maximum absolute atomic E-state index is 11.0. The largest absolute Gasteiger partial charge is 0.384 e. The Bertz CT molecular complexity index is 776. The van der Waals surface area contributed by atoms with Crippen molar-refractivity contribution in [1.82, 2.24) is 4.57 Å². The van der Waals surface area contributed by atoms with E-state index in [0.717, 1.165) is 5.56 Å². The Morgan fingerprint density at radius 1 is 0.864 bits per heavy atom. The Morgan fingerprint density at radius 2 is 1.45 bits per heavy atom. The molecule has 1 aliphatic rings. The summed E-state index contributed by atoms with van der Waals surface area (Å²) < 4.78 is 2.16. The molecule has 2 aromatic carbocycles.